The standard InChI is InChI=1S/C14H13FN2O5/c1-20-10-4-2-3-8-6-21-11(7-22-12(8)10)17-5-9(15)13(18)16-14(17)19/h2-5,11H,6-7H2,1H3,(H,16,18,19). The minimum Gasteiger partial charge on any atom is -0.493 e. The molecule has 1 atom stereocenters. The van der Waals surface area contributed by atoms with E-state index < -0.39 is 23.3 Å². The molecule has 0 radical (unpaired) electrons. The number of hydrogen-bond donors (Lipinski definition) is 1. The second-order valence-electron chi connectivity index (χ2n) is 4.67. The Bertz CT molecular complexity index is 814. The first-order valence-electron chi connectivity index (χ1n) is 6.51. The molecule has 1 unspecified atom stereocenters. The smallest absolute Gasteiger partial charge is 0.330 e. The van der Waals surface area contributed by atoms with Gasteiger partial charge in [-0.1, -0.05) is 12.1 Å². The maximum atomic E-state index is 13.4. The van der Waals surface area contributed by atoms with Crippen LogP contribution in [0.1, 0.15) is 11.8 Å². The van der Waals surface area contributed by atoms with Crippen LogP contribution in [0.5, 0.6) is 11.5 Å². The summed E-state index contributed by atoms with van der Waals surface area (Å²) in [6, 6.07) is 5.33. The Hall–Kier alpha value is -2.61. The number of aromatic nitrogens is 2. The summed E-state index contributed by atoms with van der Waals surface area (Å²) in [7, 11) is 1.52. The summed E-state index contributed by atoms with van der Waals surface area (Å²) in [6.45, 7) is 0.128. The highest BCUT2D eigenvalue weighted by atomic mass is 19.1. The molecule has 116 valence electrons. The van der Waals surface area contributed by atoms with Crippen molar-refractivity contribution in [3.63, 3.8) is 0 Å². The molecule has 7 nitrogen and oxygen atoms in total. The predicted octanol–water partition coefficient (Wildman–Crippen LogP) is 0.792. The third-order valence-corrected chi connectivity index (χ3v) is 3.32. The largest absolute Gasteiger partial charge is 0.493 e. The molecule has 0 saturated carbocycles. The molecule has 1 aromatic heterocycles. The Morgan fingerprint density at radius 2 is 2.23 bits per heavy atom. The van der Waals surface area contributed by atoms with Gasteiger partial charge in [-0.05, 0) is 6.07 Å². The Kier molecular flexibility index (Phi) is 3.68. The number of nitrogens with zero attached hydrogens (tertiary/aromatic N) is 1. The minimum absolute atomic E-state index is 0.0290. The molecule has 8 heteroatoms. The molecule has 1 aliphatic rings. The predicted molar refractivity (Wildman–Crippen MR) is 73.6 cm³/mol. The summed E-state index contributed by atoms with van der Waals surface area (Å²) in [5.74, 6) is -0.00488. The van der Waals surface area contributed by atoms with Gasteiger partial charge >= 0.3 is 5.69 Å². The van der Waals surface area contributed by atoms with Crippen molar-refractivity contribution in [2.45, 2.75) is 12.8 Å². The summed E-state index contributed by atoms with van der Waals surface area (Å²) in [6.07, 6.45) is -0.0569. The molecule has 22 heavy (non-hydrogen) atoms. The van der Waals surface area contributed by atoms with Crippen molar-refractivity contribution >= 4 is 0 Å². The number of benzene rings is 1. The first-order valence-corrected chi connectivity index (χ1v) is 6.51. The van der Waals surface area contributed by atoms with Crippen molar-refractivity contribution in [1.82, 2.24) is 9.55 Å². The number of rotatable bonds is 2. The third-order valence-electron chi connectivity index (χ3n) is 3.32. The van der Waals surface area contributed by atoms with E-state index in [4.69, 9.17) is 14.2 Å². The third kappa shape index (κ3) is 2.48. The number of halogens is 1. The Balaban J connectivity index is 1.94. The van der Waals surface area contributed by atoms with Gasteiger partial charge in [-0.2, -0.15) is 4.39 Å². The van der Waals surface area contributed by atoms with Crippen molar-refractivity contribution in [2.24, 2.45) is 0 Å². The molecule has 1 N–H and O–H groups in total. The van der Waals surface area contributed by atoms with E-state index in [0.29, 0.717) is 11.5 Å². The summed E-state index contributed by atoms with van der Waals surface area (Å²) in [5, 5.41) is 0. The Morgan fingerprint density at radius 1 is 1.41 bits per heavy atom. The van der Waals surface area contributed by atoms with E-state index in [1.165, 1.54) is 7.11 Å². The lowest BCUT2D eigenvalue weighted by Gasteiger charge is -2.17. The maximum absolute atomic E-state index is 13.4. The first kappa shape index (κ1) is 14.3. The molecular weight excluding hydrogens is 295 g/mol. The van der Waals surface area contributed by atoms with E-state index >= 15 is 0 Å². The Labute approximate surface area is 123 Å². The number of fused-ring (bicyclic) bond motifs is 1. The van der Waals surface area contributed by atoms with Gasteiger partial charge in [-0.3, -0.25) is 14.3 Å². The van der Waals surface area contributed by atoms with Gasteiger partial charge in [0.1, 0.15) is 6.61 Å². The second kappa shape index (κ2) is 5.64. The summed E-state index contributed by atoms with van der Waals surface area (Å²) >= 11 is 0. The van der Waals surface area contributed by atoms with Crippen LogP contribution in [-0.4, -0.2) is 23.3 Å². The lowest BCUT2D eigenvalue weighted by Crippen LogP contribution is -2.36. The van der Waals surface area contributed by atoms with E-state index in [-0.39, 0.29) is 13.2 Å². The number of para-hydroxylation sites is 1. The molecular formula is C14H13FN2O5. The highest BCUT2D eigenvalue weighted by Crippen LogP contribution is 2.34. The van der Waals surface area contributed by atoms with E-state index in [1.807, 2.05) is 4.98 Å². The van der Waals surface area contributed by atoms with Gasteiger partial charge in [0.05, 0.1) is 19.9 Å². The first-order chi connectivity index (χ1) is 10.6. The van der Waals surface area contributed by atoms with E-state index in [9.17, 15) is 14.0 Å². The van der Waals surface area contributed by atoms with Crippen LogP contribution in [-0.2, 0) is 11.3 Å². The van der Waals surface area contributed by atoms with Crippen LogP contribution in [0.4, 0.5) is 4.39 Å². The number of hydrogen-bond acceptors (Lipinski definition) is 5. The van der Waals surface area contributed by atoms with Crippen LogP contribution in [0.25, 0.3) is 0 Å². The highest BCUT2D eigenvalue weighted by molar-refractivity contribution is 5.46. The van der Waals surface area contributed by atoms with Crippen LogP contribution in [0, 0.1) is 5.82 Å². The van der Waals surface area contributed by atoms with E-state index in [2.05, 4.69) is 0 Å². The van der Waals surface area contributed by atoms with Crippen molar-refractivity contribution in [3.05, 3.63) is 56.6 Å². The molecule has 0 saturated heterocycles. The van der Waals surface area contributed by atoms with Gasteiger partial charge in [-0.25, -0.2) is 4.79 Å². The van der Waals surface area contributed by atoms with Gasteiger partial charge in [0.2, 0.25) is 5.82 Å². The maximum Gasteiger partial charge on any atom is 0.330 e. The zero-order chi connectivity index (χ0) is 15.7. The van der Waals surface area contributed by atoms with Crippen LogP contribution in [0.3, 0.4) is 0 Å². The number of H-pyrrole nitrogens is 1. The fourth-order valence-electron chi connectivity index (χ4n) is 2.22. The van der Waals surface area contributed by atoms with Gasteiger partial charge in [0.25, 0.3) is 5.56 Å². The topological polar surface area (TPSA) is 82.5 Å². The lowest BCUT2D eigenvalue weighted by molar-refractivity contribution is -0.0296. The molecule has 2 aromatic rings. The van der Waals surface area contributed by atoms with Crippen molar-refractivity contribution in [1.29, 1.82) is 0 Å². The molecule has 0 amide bonds. The van der Waals surface area contributed by atoms with Crippen LogP contribution >= 0.6 is 0 Å². The molecule has 0 fully saturated rings. The zero-order valence-electron chi connectivity index (χ0n) is 11.7. The minimum atomic E-state index is -1.07. The van der Waals surface area contributed by atoms with Gasteiger partial charge in [0, 0.05) is 5.56 Å². The van der Waals surface area contributed by atoms with Crippen molar-refractivity contribution in [2.75, 3.05) is 13.7 Å². The normalized spacial score (nSPS) is 17.3. The molecule has 0 bridgehead atoms. The summed E-state index contributed by atoms with van der Waals surface area (Å²) in [5.41, 5.74) is -1.08. The fraction of sp³-hybridized carbons (Fsp3) is 0.286. The zero-order valence-corrected chi connectivity index (χ0v) is 11.7. The van der Waals surface area contributed by atoms with Crippen LogP contribution in [0.15, 0.2) is 34.0 Å². The SMILES string of the molecule is COc1cccc2c1OCC(n1cc(F)c(=O)[nH]c1=O)OC2. The molecule has 3 rings (SSSR count). The number of ether oxygens (including phenoxy) is 3. The average Bonchev–Trinajstić information content (AvgIpc) is 2.73. The quantitative estimate of drug-likeness (QED) is 0.887. The van der Waals surface area contributed by atoms with E-state index in [0.717, 1.165) is 16.3 Å². The average molecular weight is 308 g/mol. The van der Waals surface area contributed by atoms with E-state index in [1.54, 1.807) is 18.2 Å². The fourth-order valence-corrected chi connectivity index (χ4v) is 2.22. The Morgan fingerprint density at radius 3 is 3.00 bits per heavy atom. The van der Waals surface area contributed by atoms with Crippen LogP contribution in [0.2, 0.25) is 0 Å². The number of aromatic amines is 1. The van der Waals surface area contributed by atoms with Crippen molar-refractivity contribution in [3.8, 4) is 11.5 Å². The lowest BCUT2D eigenvalue weighted by atomic mass is 10.2. The van der Waals surface area contributed by atoms with Crippen LogP contribution < -0.4 is 20.7 Å². The van der Waals surface area contributed by atoms with Gasteiger partial charge < -0.3 is 14.2 Å². The molecule has 0 aliphatic carbocycles. The van der Waals surface area contributed by atoms with Crippen molar-refractivity contribution < 1.29 is 18.6 Å². The molecule has 2 heterocycles. The summed E-state index contributed by atoms with van der Waals surface area (Å²) < 4.78 is 30.8. The van der Waals surface area contributed by atoms with Gasteiger partial charge in [0.15, 0.2) is 17.7 Å². The molecule has 0 spiro atoms. The second-order valence-corrected chi connectivity index (χ2v) is 4.67. The summed E-state index contributed by atoms with van der Waals surface area (Å²) in [4.78, 5) is 24.7. The highest BCUT2D eigenvalue weighted by Gasteiger charge is 2.23. The molecule has 1 aromatic carbocycles. The monoisotopic (exact) mass is 308 g/mol. The molecule has 1 aliphatic heterocycles. The van der Waals surface area contributed by atoms with Gasteiger partial charge in [-0.15, -0.1) is 0 Å². The number of nitrogens with one attached hydrogen (secondary N) is 1. The number of methoxy groups -OCH3 is 1.